The third kappa shape index (κ3) is 2.91. The molecular formula is C14H21N3O2S. The Kier molecular flexibility index (Phi) is 4.88. The van der Waals surface area contributed by atoms with E-state index in [4.69, 9.17) is 0 Å². The van der Waals surface area contributed by atoms with E-state index >= 15 is 0 Å². The van der Waals surface area contributed by atoms with E-state index < -0.39 is 6.04 Å². The number of hydrogen-bond acceptors (Lipinski definition) is 5. The van der Waals surface area contributed by atoms with Gasteiger partial charge in [0.2, 0.25) is 11.8 Å². The molecule has 0 radical (unpaired) electrons. The van der Waals surface area contributed by atoms with Crippen LogP contribution >= 0.6 is 11.3 Å². The highest BCUT2D eigenvalue weighted by Crippen LogP contribution is 2.23. The van der Waals surface area contributed by atoms with Gasteiger partial charge in [-0.2, -0.15) is 0 Å². The Morgan fingerprint density at radius 2 is 2.15 bits per heavy atom. The van der Waals surface area contributed by atoms with Crippen molar-refractivity contribution in [1.29, 1.82) is 0 Å². The predicted molar refractivity (Wildman–Crippen MR) is 78.3 cm³/mol. The maximum atomic E-state index is 12.4. The molecule has 20 heavy (non-hydrogen) atoms. The van der Waals surface area contributed by atoms with Gasteiger partial charge < -0.3 is 0 Å². The zero-order valence-corrected chi connectivity index (χ0v) is 12.9. The highest BCUT2D eigenvalue weighted by atomic mass is 32.1. The molecule has 2 amide bonds. The summed E-state index contributed by atoms with van der Waals surface area (Å²) >= 11 is 1.55. The van der Waals surface area contributed by atoms with Gasteiger partial charge in [0.05, 0.1) is 18.5 Å². The van der Waals surface area contributed by atoms with Crippen molar-refractivity contribution < 1.29 is 9.59 Å². The molecule has 2 heterocycles. The molecule has 2 atom stereocenters. The largest absolute Gasteiger partial charge is 0.297 e. The van der Waals surface area contributed by atoms with E-state index in [0.717, 1.165) is 17.8 Å². The lowest BCUT2D eigenvalue weighted by Crippen LogP contribution is -2.44. The number of likely N-dealkylation sites (tertiary alicyclic amines) is 1. The highest BCUT2D eigenvalue weighted by molar-refractivity contribution is 7.09. The second kappa shape index (κ2) is 6.45. The summed E-state index contributed by atoms with van der Waals surface area (Å²) in [6, 6.07) is -0.405. The fourth-order valence-electron chi connectivity index (χ4n) is 2.64. The molecule has 1 aliphatic rings. The second-order valence-electron chi connectivity index (χ2n) is 5.09. The number of carbonyl (C=O) groups excluding carboxylic acids is 2. The number of aromatic nitrogens is 1. The van der Waals surface area contributed by atoms with Gasteiger partial charge in [0, 0.05) is 17.6 Å². The minimum Gasteiger partial charge on any atom is -0.297 e. The number of nitrogens with zero attached hydrogens (tertiary/aromatic N) is 2. The minimum absolute atomic E-state index is 0.0154. The topological polar surface area (TPSA) is 62.3 Å². The molecule has 1 N–H and O–H groups in total. The molecule has 6 heteroatoms. The first kappa shape index (κ1) is 15.1. The molecule has 1 fully saturated rings. The van der Waals surface area contributed by atoms with Gasteiger partial charge in [-0.25, -0.2) is 4.98 Å². The number of hydrogen-bond donors (Lipinski definition) is 1. The Bertz CT molecular complexity index is 471. The summed E-state index contributed by atoms with van der Waals surface area (Å²) in [6.07, 6.45) is 3.62. The van der Waals surface area contributed by atoms with Gasteiger partial charge in [0.25, 0.3) is 0 Å². The van der Waals surface area contributed by atoms with Crippen molar-refractivity contribution in [3.8, 4) is 0 Å². The van der Waals surface area contributed by atoms with Crippen LogP contribution in [0.3, 0.4) is 0 Å². The van der Waals surface area contributed by atoms with Crippen molar-refractivity contribution in [2.24, 2.45) is 0 Å². The molecule has 0 spiro atoms. The molecule has 1 saturated heterocycles. The van der Waals surface area contributed by atoms with Gasteiger partial charge in [0.1, 0.15) is 5.01 Å². The lowest BCUT2D eigenvalue weighted by Gasteiger charge is -2.24. The van der Waals surface area contributed by atoms with Crippen molar-refractivity contribution in [2.75, 3.05) is 0 Å². The lowest BCUT2D eigenvalue weighted by atomic mass is 10.1. The molecule has 110 valence electrons. The third-order valence-corrected chi connectivity index (χ3v) is 4.72. The van der Waals surface area contributed by atoms with Crippen LogP contribution in [-0.4, -0.2) is 33.8 Å². The van der Waals surface area contributed by atoms with Crippen molar-refractivity contribution >= 4 is 23.2 Å². The van der Waals surface area contributed by atoms with E-state index in [-0.39, 0.29) is 30.3 Å². The molecule has 1 aromatic heterocycles. The molecule has 0 saturated carbocycles. The Morgan fingerprint density at radius 3 is 2.70 bits per heavy atom. The van der Waals surface area contributed by atoms with Crippen molar-refractivity contribution in [1.82, 2.24) is 15.2 Å². The van der Waals surface area contributed by atoms with E-state index in [0.29, 0.717) is 0 Å². The summed E-state index contributed by atoms with van der Waals surface area (Å²) in [7, 11) is 0. The van der Waals surface area contributed by atoms with Crippen LogP contribution in [0.15, 0.2) is 11.6 Å². The molecule has 0 aliphatic carbocycles. The van der Waals surface area contributed by atoms with Crippen LogP contribution < -0.4 is 5.32 Å². The smallest absolute Gasteiger partial charge is 0.247 e. The fourth-order valence-corrected chi connectivity index (χ4v) is 3.30. The Labute approximate surface area is 123 Å². The number of thiazole rings is 1. The van der Waals surface area contributed by atoms with E-state index in [9.17, 15) is 9.59 Å². The number of imide groups is 1. The number of amides is 2. The van der Waals surface area contributed by atoms with E-state index in [1.807, 2.05) is 26.2 Å². The molecule has 2 rings (SSSR count). The van der Waals surface area contributed by atoms with E-state index in [1.165, 1.54) is 4.90 Å². The summed E-state index contributed by atoms with van der Waals surface area (Å²) in [5, 5.41) is 6.08. The normalized spacial score (nSPS) is 21.0. The Morgan fingerprint density at radius 1 is 1.45 bits per heavy atom. The summed E-state index contributed by atoms with van der Waals surface area (Å²) < 4.78 is 0. The van der Waals surface area contributed by atoms with Crippen LogP contribution in [0.2, 0.25) is 0 Å². The monoisotopic (exact) mass is 295 g/mol. The Hall–Kier alpha value is -1.27. The standard InChI is InChI=1S/C14H21N3O2S/c1-4-10(5-2)17-12(18)8-11(14(17)19)16-9(3)13-15-6-7-20-13/h6-7,9-11,16H,4-5,8H2,1-3H3. The molecule has 1 aromatic rings. The summed E-state index contributed by atoms with van der Waals surface area (Å²) in [6.45, 7) is 5.98. The highest BCUT2D eigenvalue weighted by Gasteiger charge is 2.41. The third-order valence-electron chi connectivity index (χ3n) is 3.76. The van der Waals surface area contributed by atoms with Gasteiger partial charge in [0.15, 0.2) is 0 Å². The second-order valence-corrected chi connectivity index (χ2v) is 6.01. The first-order valence-corrected chi connectivity index (χ1v) is 7.97. The summed E-state index contributed by atoms with van der Waals surface area (Å²) in [5.74, 6) is -0.153. The summed E-state index contributed by atoms with van der Waals surface area (Å²) in [4.78, 5) is 30.2. The van der Waals surface area contributed by atoms with Crippen LogP contribution in [-0.2, 0) is 9.59 Å². The minimum atomic E-state index is -0.415. The van der Waals surface area contributed by atoms with Gasteiger partial charge >= 0.3 is 0 Å². The number of nitrogens with one attached hydrogen (secondary N) is 1. The van der Waals surface area contributed by atoms with Crippen LogP contribution in [0.4, 0.5) is 0 Å². The van der Waals surface area contributed by atoms with Crippen LogP contribution in [0.5, 0.6) is 0 Å². The SMILES string of the molecule is CCC(CC)N1C(=O)CC(NC(C)c2nccs2)C1=O. The molecule has 2 unspecified atom stereocenters. The van der Waals surface area contributed by atoms with Crippen molar-refractivity contribution in [3.05, 3.63) is 16.6 Å². The van der Waals surface area contributed by atoms with Crippen LogP contribution in [0.1, 0.15) is 51.1 Å². The van der Waals surface area contributed by atoms with Gasteiger partial charge in [-0.05, 0) is 19.8 Å². The zero-order valence-electron chi connectivity index (χ0n) is 12.1. The summed E-state index contributed by atoms with van der Waals surface area (Å²) in [5.41, 5.74) is 0. The van der Waals surface area contributed by atoms with Crippen LogP contribution in [0, 0.1) is 0 Å². The van der Waals surface area contributed by atoms with Gasteiger partial charge in [-0.3, -0.25) is 19.8 Å². The van der Waals surface area contributed by atoms with Crippen molar-refractivity contribution in [2.45, 2.75) is 58.2 Å². The zero-order chi connectivity index (χ0) is 14.7. The first-order chi connectivity index (χ1) is 9.58. The average Bonchev–Trinajstić information content (AvgIpc) is 3.04. The number of rotatable bonds is 6. The van der Waals surface area contributed by atoms with Gasteiger partial charge in [-0.15, -0.1) is 11.3 Å². The first-order valence-electron chi connectivity index (χ1n) is 7.09. The van der Waals surface area contributed by atoms with Crippen LogP contribution in [0.25, 0.3) is 0 Å². The van der Waals surface area contributed by atoms with E-state index in [2.05, 4.69) is 10.3 Å². The average molecular weight is 295 g/mol. The Balaban J connectivity index is 2.04. The molecular weight excluding hydrogens is 274 g/mol. The maximum absolute atomic E-state index is 12.4. The lowest BCUT2D eigenvalue weighted by molar-refractivity contribution is -0.141. The molecule has 1 aliphatic heterocycles. The quantitative estimate of drug-likeness (QED) is 0.817. The molecule has 5 nitrogen and oxygen atoms in total. The van der Waals surface area contributed by atoms with Crippen molar-refractivity contribution in [3.63, 3.8) is 0 Å². The fraction of sp³-hybridized carbons (Fsp3) is 0.643. The van der Waals surface area contributed by atoms with E-state index in [1.54, 1.807) is 17.5 Å². The maximum Gasteiger partial charge on any atom is 0.247 e. The predicted octanol–water partition coefficient (Wildman–Crippen LogP) is 2.11. The molecule has 0 bridgehead atoms. The van der Waals surface area contributed by atoms with Gasteiger partial charge in [-0.1, -0.05) is 13.8 Å². The molecule has 0 aromatic carbocycles. The number of carbonyl (C=O) groups is 2.